The van der Waals surface area contributed by atoms with E-state index in [2.05, 4.69) is 17.6 Å². The largest absolute Gasteiger partial charge is 0.496 e. The summed E-state index contributed by atoms with van der Waals surface area (Å²) in [5.74, 6) is 1.06. The molecule has 1 aliphatic rings. The van der Waals surface area contributed by atoms with E-state index in [-0.39, 0.29) is 11.9 Å². The highest BCUT2D eigenvalue weighted by molar-refractivity contribution is 5.97. The Hall–Kier alpha value is -1.55. The molecular formula is C14H20N2O2. The number of carbonyl (C=O) groups excluding carboxylic acids is 1. The number of hydrogen-bond donors (Lipinski definition) is 2. The van der Waals surface area contributed by atoms with Crippen LogP contribution in [0.2, 0.25) is 0 Å². The first-order valence-corrected chi connectivity index (χ1v) is 6.37. The average molecular weight is 248 g/mol. The Labute approximate surface area is 108 Å². The third-order valence-corrected chi connectivity index (χ3v) is 3.50. The van der Waals surface area contributed by atoms with Gasteiger partial charge in [0.05, 0.1) is 12.7 Å². The maximum Gasteiger partial charge on any atom is 0.255 e. The zero-order chi connectivity index (χ0) is 13.0. The van der Waals surface area contributed by atoms with Crippen LogP contribution >= 0.6 is 0 Å². The molecule has 0 bridgehead atoms. The summed E-state index contributed by atoms with van der Waals surface area (Å²) < 4.78 is 5.21. The third-order valence-electron chi connectivity index (χ3n) is 3.50. The summed E-state index contributed by atoms with van der Waals surface area (Å²) in [4.78, 5) is 12.2. The average Bonchev–Trinajstić information content (AvgIpc) is 2.41. The summed E-state index contributed by atoms with van der Waals surface area (Å²) in [7, 11) is 1.58. The summed E-state index contributed by atoms with van der Waals surface area (Å²) in [6.07, 6.45) is 1.09. The lowest BCUT2D eigenvalue weighted by Crippen LogP contribution is -2.50. The van der Waals surface area contributed by atoms with E-state index in [0.29, 0.717) is 17.2 Å². The smallest absolute Gasteiger partial charge is 0.255 e. The molecule has 18 heavy (non-hydrogen) atoms. The van der Waals surface area contributed by atoms with E-state index in [4.69, 9.17) is 4.74 Å². The molecule has 1 aliphatic heterocycles. The number of benzene rings is 1. The lowest BCUT2D eigenvalue weighted by Gasteiger charge is -2.30. The summed E-state index contributed by atoms with van der Waals surface area (Å²) in [5.41, 5.74) is 0.595. The summed E-state index contributed by atoms with van der Waals surface area (Å²) in [6.45, 7) is 4.04. The molecule has 0 aromatic heterocycles. The van der Waals surface area contributed by atoms with E-state index in [1.165, 1.54) is 0 Å². The molecule has 0 radical (unpaired) electrons. The van der Waals surface area contributed by atoms with Crippen molar-refractivity contribution in [3.8, 4) is 5.75 Å². The van der Waals surface area contributed by atoms with Crippen LogP contribution in [0.5, 0.6) is 5.75 Å². The second-order valence-corrected chi connectivity index (χ2v) is 4.75. The highest BCUT2D eigenvalue weighted by Gasteiger charge is 2.23. The zero-order valence-electron chi connectivity index (χ0n) is 10.9. The monoisotopic (exact) mass is 248 g/mol. The first kappa shape index (κ1) is 12.9. The molecule has 1 heterocycles. The van der Waals surface area contributed by atoms with Crippen LogP contribution in [0.15, 0.2) is 24.3 Å². The van der Waals surface area contributed by atoms with Gasteiger partial charge in [-0.1, -0.05) is 19.1 Å². The van der Waals surface area contributed by atoms with E-state index < -0.39 is 0 Å². The SMILES string of the molecule is COc1ccccc1C(=O)NC1CNCCC1C. The van der Waals surface area contributed by atoms with Crippen LogP contribution in [-0.2, 0) is 0 Å². The molecule has 2 atom stereocenters. The standard InChI is InChI=1S/C14H20N2O2/c1-10-7-8-15-9-12(10)16-14(17)11-5-3-4-6-13(11)18-2/h3-6,10,12,15H,7-9H2,1-2H3,(H,16,17). The van der Waals surface area contributed by atoms with Crippen LogP contribution in [0, 0.1) is 5.92 Å². The Bertz CT molecular complexity index is 420. The Morgan fingerprint density at radius 3 is 2.94 bits per heavy atom. The van der Waals surface area contributed by atoms with Gasteiger partial charge in [-0.05, 0) is 31.0 Å². The molecule has 1 aromatic carbocycles. The van der Waals surface area contributed by atoms with Crippen molar-refractivity contribution in [3.63, 3.8) is 0 Å². The van der Waals surface area contributed by atoms with Gasteiger partial charge in [0.15, 0.2) is 0 Å². The molecule has 1 amide bonds. The Kier molecular flexibility index (Phi) is 4.20. The van der Waals surface area contributed by atoms with Gasteiger partial charge < -0.3 is 15.4 Å². The molecule has 0 spiro atoms. The van der Waals surface area contributed by atoms with Crippen molar-refractivity contribution in [2.24, 2.45) is 5.92 Å². The number of carbonyl (C=O) groups is 1. The number of hydrogen-bond acceptors (Lipinski definition) is 3. The topological polar surface area (TPSA) is 50.4 Å². The predicted molar refractivity (Wildman–Crippen MR) is 70.9 cm³/mol. The van der Waals surface area contributed by atoms with Gasteiger partial charge in [0, 0.05) is 12.6 Å². The normalized spacial score (nSPS) is 23.4. The molecule has 0 saturated carbocycles. The van der Waals surface area contributed by atoms with E-state index in [9.17, 15) is 4.79 Å². The van der Waals surface area contributed by atoms with Crippen molar-refractivity contribution in [2.75, 3.05) is 20.2 Å². The van der Waals surface area contributed by atoms with E-state index in [0.717, 1.165) is 19.5 Å². The lowest BCUT2D eigenvalue weighted by molar-refractivity contribution is 0.0912. The predicted octanol–water partition coefficient (Wildman–Crippen LogP) is 1.42. The quantitative estimate of drug-likeness (QED) is 0.850. The number of methoxy groups -OCH3 is 1. The third kappa shape index (κ3) is 2.82. The van der Waals surface area contributed by atoms with Gasteiger partial charge in [-0.15, -0.1) is 0 Å². The lowest BCUT2D eigenvalue weighted by atomic mass is 9.94. The number of amides is 1. The van der Waals surface area contributed by atoms with Crippen LogP contribution in [-0.4, -0.2) is 32.1 Å². The number of rotatable bonds is 3. The summed E-state index contributed by atoms with van der Waals surface area (Å²) >= 11 is 0. The fraction of sp³-hybridized carbons (Fsp3) is 0.500. The van der Waals surface area contributed by atoms with Crippen molar-refractivity contribution in [2.45, 2.75) is 19.4 Å². The number of piperidine rings is 1. The Balaban J connectivity index is 2.07. The molecule has 0 aliphatic carbocycles. The first-order valence-electron chi connectivity index (χ1n) is 6.37. The number of ether oxygens (including phenoxy) is 1. The van der Waals surface area contributed by atoms with Crippen molar-refractivity contribution >= 4 is 5.91 Å². The van der Waals surface area contributed by atoms with Crippen LogP contribution in [0.4, 0.5) is 0 Å². The molecule has 2 N–H and O–H groups in total. The molecular weight excluding hydrogens is 228 g/mol. The van der Waals surface area contributed by atoms with E-state index >= 15 is 0 Å². The Morgan fingerprint density at radius 2 is 2.22 bits per heavy atom. The van der Waals surface area contributed by atoms with Gasteiger partial charge in [0.2, 0.25) is 0 Å². The molecule has 2 rings (SSSR count). The van der Waals surface area contributed by atoms with Crippen LogP contribution < -0.4 is 15.4 Å². The summed E-state index contributed by atoms with van der Waals surface area (Å²) in [5, 5.41) is 6.38. The van der Waals surface area contributed by atoms with Crippen molar-refractivity contribution in [3.05, 3.63) is 29.8 Å². The Morgan fingerprint density at radius 1 is 1.44 bits per heavy atom. The molecule has 1 fully saturated rings. The van der Waals surface area contributed by atoms with E-state index in [1.807, 2.05) is 12.1 Å². The molecule has 4 heteroatoms. The van der Waals surface area contributed by atoms with Crippen molar-refractivity contribution < 1.29 is 9.53 Å². The van der Waals surface area contributed by atoms with Gasteiger partial charge in [-0.2, -0.15) is 0 Å². The van der Waals surface area contributed by atoms with Gasteiger partial charge >= 0.3 is 0 Å². The zero-order valence-corrected chi connectivity index (χ0v) is 10.9. The second kappa shape index (κ2) is 5.87. The van der Waals surface area contributed by atoms with Crippen molar-refractivity contribution in [1.29, 1.82) is 0 Å². The van der Waals surface area contributed by atoms with Crippen molar-refractivity contribution in [1.82, 2.24) is 10.6 Å². The molecule has 98 valence electrons. The van der Waals surface area contributed by atoms with Gasteiger partial charge in [-0.25, -0.2) is 0 Å². The molecule has 1 saturated heterocycles. The minimum atomic E-state index is -0.0620. The van der Waals surface area contributed by atoms with Gasteiger partial charge in [0.1, 0.15) is 5.75 Å². The highest BCUT2D eigenvalue weighted by atomic mass is 16.5. The summed E-state index contributed by atoms with van der Waals surface area (Å²) in [6, 6.07) is 7.49. The highest BCUT2D eigenvalue weighted by Crippen LogP contribution is 2.18. The maximum absolute atomic E-state index is 12.2. The first-order chi connectivity index (χ1) is 8.72. The number of para-hydroxylation sites is 1. The minimum Gasteiger partial charge on any atom is -0.496 e. The maximum atomic E-state index is 12.2. The van der Waals surface area contributed by atoms with Crippen LogP contribution in [0.3, 0.4) is 0 Å². The van der Waals surface area contributed by atoms with Crippen LogP contribution in [0.25, 0.3) is 0 Å². The van der Waals surface area contributed by atoms with E-state index in [1.54, 1.807) is 19.2 Å². The molecule has 1 aromatic rings. The molecule has 4 nitrogen and oxygen atoms in total. The second-order valence-electron chi connectivity index (χ2n) is 4.75. The van der Waals surface area contributed by atoms with Gasteiger partial charge in [-0.3, -0.25) is 4.79 Å². The fourth-order valence-corrected chi connectivity index (χ4v) is 2.26. The minimum absolute atomic E-state index is 0.0620. The molecule has 2 unspecified atom stereocenters. The van der Waals surface area contributed by atoms with Crippen LogP contribution in [0.1, 0.15) is 23.7 Å². The number of nitrogens with one attached hydrogen (secondary N) is 2. The fourth-order valence-electron chi connectivity index (χ4n) is 2.26. The van der Waals surface area contributed by atoms with Gasteiger partial charge in [0.25, 0.3) is 5.91 Å².